The van der Waals surface area contributed by atoms with Gasteiger partial charge in [0.15, 0.2) is 11.5 Å². The molecular formula is C24H26N6O3. The minimum Gasteiger partial charge on any atom is -0.490 e. The summed E-state index contributed by atoms with van der Waals surface area (Å²) in [4.78, 5) is 4.15. The van der Waals surface area contributed by atoms with Crippen LogP contribution in [0.3, 0.4) is 0 Å². The molecule has 0 fully saturated rings. The van der Waals surface area contributed by atoms with E-state index in [1.807, 2.05) is 73.7 Å². The quantitative estimate of drug-likeness (QED) is 0.328. The number of nitrogens with one attached hydrogen (secondary N) is 1. The normalized spacial score (nSPS) is 10.7. The Morgan fingerprint density at radius 2 is 1.82 bits per heavy atom. The highest BCUT2D eigenvalue weighted by atomic mass is 16.5. The molecule has 9 heteroatoms. The van der Waals surface area contributed by atoms with Gasteiger partial charge >= 0.3 is 6.01 Å². The minimum absolute atomic E-state index is 0.265. The molecule has 170 valence electrons. The monoisotopic (exact) mass is 446 g/mol. The van der Waals surface area contributed by atoms with Crippen LogP contribution in [0.15, 0.2) is 72.9 Å². The summed E-state index contributed by atoms with van der Waals surface area (Å²) in [6.07, 6.45) is 2.59. The highest BCUT2D eigenvalue weighted by Crippen LogP contribution is 2.32. The first-order chi connectivity index (χ1) is 16.3. The average Bonchev–Trinajstić information content (AvgIpc) is 3.32. The number of nitrogens with zero attached hydrogens (tertiary/aromatic N) is 5. The van der Waals surface area contributed by atoms with Gasteiger partial charge in [-0.25, -0.2) is 4.98 Å². The van der Waals surface area contributed by atoms with Gasteiger partial charge in [0, 0.05) is 18.8 Å². The van der Waals surface area contributed by atoms with Crippen LogP contribution in [0.25, 0.3) is 5.69 Å². The second kappa shape index (κ2) is 11.6. The fraction of sp³-hybridized carbons (Fsp3) is 0.250. The molecular weight excluding hydrogens is 420 g/mol. The van der Waals surface area contributed by atoms with E-state index in [0.29, 0.717) is 37.1 Å². The third kappa shape index (κ3) is 6.27. The zero-order valence-electron chi connectivity index (χ0n) is 18.4. The lowest BCUT2D eigenvalue weighted by Gasteiger charge is -2.13. The fourth-order valence-electron chi connectivity index (χ4n) is 3.13. The van der Waals surface area contributed by atoms with Gasteiger partial charge in [-0.15, -0.1) is 0 Å². The molecule has 0 unspecified atom stereocenters. The molecule has 0 spiro atoms. The van der Waals surface area contributed by atoms with Crippen LogP contribution in [0.2, 0.25) is 0 Å². The summed E-state index contributed by atoms with van der Waals surface area (Å²) in [7, 11) is 0. The summed E-state index contributed by atoms with van der Waals surface area (Å²) in [5.41, 5.74) is 1.89. The van der Waals surface area contributed by atoms with Crippen LogP contribution in [0.1, 0.15) is 18.9 Å². The summed E-state index contributed by atoms with van der Waals surface area (Å²) in [5, 5.41) is 15.2. The Morgan fingerprint density at radius 1 is 0.939 bits per heavy atom. The molecule has 2 aromatic carbocycles. The van der Waals surface area contributed by atoms with Crippen molar-refractivity contribution in [1.82, 2.24) is 30.5 Å². The third-order valence-electron chi connectivity index (χ3n) is 4.67. The lowest BCUT2D eigenvalue weighted by molar-refractivity contribution is 0.296. The first kappa shape index (κ1) is 22.2. The van der Waals surface area contributed by atoms with Gasteiger partial charge in [-0.05, 0) is 66.2 Å². The van der Waals surface area contributed by atoms with Crippen LogP contribution >= 0.6 is 0 Å². The summed E-state index contributed by atoms with van der Waals surface area (Å²) in [6, 6.07) is 21.3. The lowest BCUT2D eigenvalue weighted by Crippen LogP contribution is -2.17. The van der Waals surface area contributed by atoms with Gasteiger partial charge in [-0.2, -0.15) is 4.68 Å². The topological polar surface area (TPSA) is 96.2 Å². The number of para-hydroxylation sites is 1. The van der Waals surface area contributed by atoms with Crippen molar-refractivity contribution in [3.63, 3.8) is 0 Å². The molecule has 4 rings (SSSR count). The van der Waals surface area contributed by atoms with E-state index in [2.05, 4.69) is 25.8 Å². The molecule has 0 aliphatic heterocycles. The molecule has 33 heavy (non-hydrogen) atoms. The molecule has 4 aromatic rings. The maximum Gasteiger partial charge on any atom is 0.346 e. The number of ether oxygens (including phenoxy) is 3. The van der Waals surface area contributed by atoms with Crippen molar-refractivity contribution in [3.05, 3.63) is 78.5 Å². The molecule has 1 N–H and O–H groups in total. The summed E-state index contributed by atoms with van der Waals surface area (Å²) in [5.74, 6) is 1.84. The second-order valence-electron chi connectivity index (χ2n) is 7.07. The summed E-state index contributed by atoms with van der Waals surface area (Å²) in [6.45, 7) is 4.58. The molecule has 0 atom stereocenters. The van der Waals surface area contributed by atoms with E-state index in [0.717, 1.165) is 24.2 Å². The van der Waals surface area contributed by atoms with Crippen LogP contribution < -0.4 is 19.5 Å². The van der Waals surface area contributed by atoms with Gasteiger partial charge in [-0.1, -0.05) is 35.4 Å². The van der Waals surface area contributed by atoms with Crippen LogP contribution in [-0.4, -0.2) is 44.9 Å². The second-order valence-corrected chi connectivity index (χ2v) is 7.07. The third-order valence-corrected chi connectivity index (χ3v) is 4.67. The first-order valence-corrected chi connectivity index (χ1v) is 10.9. The predicted molar refractivity (Wildman–Crippen MR) is 123 cm³/mol. The van der Waals surface area contributed by atoms with E-state index in [9.17, 15) is 0 Å². The smallest absolute Gasteiger partial charge is 0.346 e. The predicted octanol–water partition coefficient (Wildman–Crippen LogP) is 3.81. The Labute approximate surface area is 192 Å². The molecule has 0 aliphatic carbocycles. The van der Waals surface area contributed by atoms with Crippen molar-refractivity contribution in [2.45, 2.75) is 19.9 Å². The number of tetrazole rings is 1. The Morgan fingerprint density at radius 3 is 2.64 bits per heavy atom. The van der Waals surface area contributed by atoms with Gasteiger partial charge in [0.05, 0.1) is 18.9 Å². The van der Waals surface area contributed by atoms with E-state index in [4.69, 9.17) is 14.2 Å². The molecule has 0 saturated carbocycles. The summed E-state index contributed by atoms with van der Waals surface area (Å²) < 4.78 is 19.0. The molecule has 0 aliphatic rings. The summed E-state index contributed by atoms with van der Waals surface area (Å²) >= 11 is 0. The Kier molecular flexibility index (Phi) is 7.80. The van der Waals surface area contributed by atoms with E-state index < -0.39 is 0 Å². The standard InChI is InChI=1S/C24H26N6O3/c1-2-31-22-17-19(18-25-14-8-16-32-23-11-6-7-15-26-23)12-13-21(22)33-24-27-28-29-30(24)20-9-4-3-5-10-20/h3-7,9-13,15,17,25H,2,8,14,16,18H2,1H3. The lowest BCUT2D eigenvalue weighted by atomic mass is 10.2. The number of hydrogen-bond donors (Lipinski definition) is 1. The van der Waals surface area contributed by atoms with Gasteiger partial charge < -0.3 is 19.5 Å². The number of rotatable bonds is 12. The van der Waals surface area contributed by atoms with Crippen LogP contribution in [-0.2, 0) is 6.54 Å². The molecule has 2 aromatic heterocycles. The van der Waals surface area contributed by atoms with Crippen LogP contribution in [0, 0.1) is 0 Å². The molecule has 0 bridgehead atoms. The van der Waals surface area contributed by atoms with Crippen molar-refractivity contribution >= 4 is 0 Å². The zero-order chi connectivity index (χ0) is 22.7. The highest BCUT2D eigenvalue weighted by molar-refractivity contribution is 5.44. The Balaban J connectivity index is 1.33. The molecule has 0 saturated heterocycles. The van der Waals surface area contributed by atoms with E-state index >= 15 is 0 Å². The SMILES string of the molecule is CCOc1cc(CNCCCOc2ccccn2)ccc1Oc1nnnn1-c1ccccc1. The molecule has 0 amide bonds. The van der Waals surface area contributed by atoms with Crippen molar-refractivity contribution in [2.75, 3.05) is 19.8 Å². The Bertz CT molecular complexity index is 1120. The Hall–Kier alpha value is -3.98. The van der Waals surface area contributed by atoms with Gasteiger partial charge in [0.25, 0.3) is 0 Å². The van der Waals surface area contributed by atoms with Gasteiger partial charge in [0.2, 0.25) is 5.88 Å². The molecule has 9 nitrogen and oxygen atoms in total. The highest BCUT2D eigenvalue weighted by Gasteiger charge is 2.14. The molecule has 2 heterocycles. The van der Waals surface area contributed by atoms with Crippen LogP contribution in [0.5, 0.6) is 23.4 Å². The van der Waals surface area contributed by atoms with Gasteiger partial charge in [-0.3, -0.25) is 0 Å². The fourth-order valence-corrected chi connectivity index (χ4v) is 3.13. The van der Waals surface area contributed by atoms with Crippen molar-refractivity contribution in [1.29, 1.82) is 0 Å². The largest absolute Gasteiger partial charge is 0.490 e. The number of benzene rings is 2. The average molecular weight is 447 g/mol. The number of aromatic nitrogens is 5. The maximum absolute atomic E-state index is 6.00. The number of pyridine rings is 1. The maximum atomic E-state index is 6.00. The van der Waals surface area contributed by atoms with Crippen molar-refractivity contribution in [2.24, 2.45) is 0 Å². The van der Waals surface area contributed by atoms with E-state index in [1.165, 1.54) is 4.68 Å². The van der Waals surface area contributed by atoms with Crippen molar-refractivity contribution in [3.8, 4) is 29.1 Å². The van der Waals surface area contributed by atoms with Gasteiger partial charge in [0.1, 0.15) is 0 Å². The number of hydrogen-bond acceptors (Lipinski definition) is 8. The molecule has 0 radical (unpaired) electrons. The zero-order valence-corrected chi connectivity index (χ0v) is 18.4. The van der Waals surface area contributed by atoms with E-state index in [-0.39, 0.29) is 6.01 Å². The minimum atomic E-state index is 0.265. The van der Waals surface area contributed by atoms with Crippen LogP contribution in [0.4, 0.5) is 0 Å². The first-order valence-electron chi connectivity index (χ1n) is 10.9. The van der Waals surface area contributed by atoms with E-state index in [1.54, 1.807) is 6.20 Å². The van der Waals surface area contributed by atoms with Crippen molar-refractivity contribution < 1.29 is 14.2 Å².